The molecule has 1 saturated heterocycles. The molecule has 2 fully saturated rings. The fourth-order valence-corrected chi connectivity index (χ4v) is 3.59. The molecular formula is C17H26N2O2. The Morgan fingerprint density at radius 2 is 2.05 bits per heavy atom. The summed E-state index contributed by atoms with van der Waals surface area (Å²) in [7, 11) is 1.71. The van der Waals surface area contributed by atoms with E-state index in [1.165, 1.54) is 12.8 Å². The molecule has 1 unspecified atom stereocenters. The zero-order chi connectivity index (χ0) is 14.7. The van der Waals surface area contributed by atoms with Gasteiger partial charge < -0.3 is 20.5 Å². The Kier molecular flexibility index (Phi) is 4.36. The molecule has 116 valence electrons. The highest BCUT2D eigenvalue weighted by Gasteiger charge is 2.35. The lowest BCUT2D eigenvalue weighted by Crippen LogP contribution is -2.37. The van der Waals surface area contributed by atoms with Crippen LogP contribution in [0.5, 0.6) is 11.5 Å². The lowest BCUT2D eigenvalue weighted by Gasteiger charge is -2.29. The molecule has 0 radical (unpaired) electrons. The predicted octanol–water partition coefficient (Wildman–Crippen LogP) is 2.55. The van der Waals surface area contributed by atoms with Crippen LogP contribution < -0.4 is 20.5 Å². The van der Waals surface area contributed by atoms with E-state index in [0.717, 1.165) is 55.8 Å². The van der Waals surface area contributed by atoms with Crippen molar-refractivity contribution in [2.24, 2.45) is 5.73 Å². The summed E-state index contributed by atoms with van der Waals surface area (Å²) in [6.45, 7) is 1.99. The van der Waals surface area contributed by atoms with Crippen molar-refractivity contribution in [1.82, 2.24) is 5.32 Å². The standard InChI is InChI=1S/C17H26N2O2/c1-20-16-14(17(18)9-2-3-10-17)7-4-8-15(16)21-13-6-5-11-19-12-13/h4,7-8,13,19H,2-3,5-6,9-12,18H2,1H3. The number of methoxy groups -OCH3 is 1. The zero-order valence-corrected chi connectivity index (χ0v) is 12.9. The highest BCUT2D eigenvalue weighted by atomic mass is 16.5. The summed E-state index contributed by atoms with van der Waals surface area (Å²) >= 11 is 0. The maximum atomic E-state index is 6.61. The number of ether oxygens (including phenoxy) is 2. The molecule has 0 bridgehead atoms. The van der Waals surface area contributed by atoms with E-state index in [1.54, 1.807) is 7.11 Å². The van der Waals surface area contributed by atoms with E-state index in [0.29, 0.717) is 0 Å². The first-order chi connectivity index (χ1) is 10.2. The van der Waals surface area contributed by atoms with Crippen molar-refractivity contribution in [3.63, 3.8) is 0 Å². The first kappa shape index (κ1) is 14.7. The number of nitrogens with two attached hydrogens (primary N) is 1. The Balaban J connectivity index is 1.86. The molecular weight excluding hydrogens is 264 g/mol. The molecule has 1 saturated carbocycles. The lowest BCUT2D eigenvalue weighted by molar-refractivity contribution is 0.160. The Labute approximate surface area is 127 Å². The molecule has 4 heteroatoms. The van der Waals surface area contributed by atoms with Crippen molar-refractivity contribution in [2.45, 2.75) is 50.2 Å². The van der Waals surface area contributed by atoms with Gasteiger partial charge in [-0.3, -0.25) is 0 Å². The number of benzene rings is 1. The first-order valence-corrected chi connectivity index (χ1v) is 8.07. The van der Waals surface area contributed by atoms with E-state index in [-0.39, 0.29) is 11.6 Å². The second kappa shape index (κ2) is 6.24. The summed E-state index contributed by atoms with van der Waals surface area (Å²) in [6, 6.07) is 6.13. The van der Waals surface area contributed by atoms with Crippen LogP contribution in [-0.2, 0) is 5.54 Å². The van der Waals surface area contributed by atoms with Crippen LogP contribution in [0.2, 0.25) is 0 Å². The third-order valence-corrected chi connectivity index (χ3v) is 4.76. The van der Waals surface area contributed by atoms with Crippen LogP contribution in [0.1, 0.15) is 44.1 Å². The molecule has 1 heterocycles. The van der Waals surface area contributed by atoms with Crippen molar-refractivity contribution in [1.29, 1.82) is 0 Å². The van der Waals surface area contributed by atoms with Gasteiger partial charge in [0, 0.05) is 17.6 Å². The van der Waals surface area contributed by atoms with Gasteiger partial charge in [0.2, 0.25) is 0 Å². The van der Waals surface area contributed by atoms with E-state index < -0.39 is 0 Å². The summed E-state index contributed by atoms with van der Waals surface area (Å²) in [6.07, 6.45) is 6.91. The van der Waals surface area contributed by atoms with Gasteiger partial charge in [-0.25, -0.2) is 0 Å². The second-order valence-electron chi connectivity index (χ2n) is 6.29. The summed E-state index contributed by atoms with van der Waals surface area (Å²) < 4.78 is 11.8. The Morgan fingerprint density at radius 1 is 1.24 bits per heavy atom. The van der Waals surface area contributed by atoms with Crippen LogP contribution in [-0.4, -0.2) is 26.3 Å². The Bertz CT molecular complexity index is 478. The average molecular weight is 290 g/mol. The second-order valence-corrected chi connectivity index (χ2v) is 6.29. The summed E-state index contributed by atoms with van der Waals surface area (Å²) in [5.41, 5.74) is 7.46. The minimum absolute atomic E-state index is 0.222. The molecule has 0 spiro atoms. The molecule has 1 atom stereocenters. The molecule has 3 rings (SSSR count). The lowest BCUT2D eigenvalue weighted by atomic mass is 9.88. The van der Waals surface area contributed by atoms with Gasteiger partial charge in [0.1, 0.15) is 6.10 Å². The van der Waals surface area contributed by atoms with Gasteiger partial charge in [-0.1, -0.05) is 25.0 Å². The van der Waals surface area contributed by atoms with Gasteiger partial charge in [0.25, 0.3) is 0 Å². The van der Waals surface area contributed by atoms with Crippen LogP contribution in [0.4, 0.5) is 0 Å². The molecule has 21 heavy (non-hydrogen) atoms. The number of para-hydroxylation sites is 1. The zero-order valence-electron chi connectivity index (χ0n) is 12.9. The van der Waals surface area contributed by atoms with E-state index in [4.69, 9.17) is 15.2 Å². The van der Waals surface area contributed by atoms with Gasteiger partial charge in [-0.2, -0.15) is 0 Å². The van der Waals surface area contributed by atoms with E-state index in [9.17, 15) is 0 Å². The van der Waals surface area contributed by atoms with Crippen LogP contribution in [0, 0.1) is 0 Å². The minimum atomic E-state index is -0.254. The van der Waals surface area contributed by atoms with Crippen molar-refractivity contribution in [3.05, 3.63) is 23.8 Å². The van der Waals surface area contributed by atoms with Crippen molar-refractivity contribution >= 4 is 0 Å². The van der Waals surface area contributed by atoms with Crippen LogP contribution in [0.3, 0.4) is 0 Å². The van der Waals surface area contributed by atoms with E-state index in [2.05, 4.69) is 11.4 Å². The SMILES string of the molecule is COc1c(OC2CCCNC2)cccc1C1(N)CCCC1. The highest BCUT2D eigenvalue weighted by molar-refractivity contribution is 5.50. The van der Waals surface area contributed by atoms with Gasteiger partial charge in [0.15, 0.2) is 11.5 Å². The van der Waals surface area contributed by atoms with E-state index in [1.807, 2.05) is 12.1 Å². The van der Waals surface area contributed by atoms with E-state index >= 15 is 0 Å². The minimum Gasteiger partial charge on any atom is -0.493 e. The first-order valence-electron chi connectivity index (χ1n) is 8.07. The smallest absolute Gasteiger partial charge is 0.165 e. The monoisotopic (exact) mass is 290 g/mol. The molecule has 1 aliphatic heterocycles. The largest absolute Gasteiger partial charge is 0.493 e. The quantitative estimate of drug-likeness (QED) is 0.895. The van der Waals surface area contributed by atoms with Crippen LogP contribution >= 0.6 is 0 Å². The van der Waals surface area contributed by atoms with Gasteiger partial charge in [-0.05, 0) is 38.3 Å². The third-order valence-electron chi connectivity index (χ3n) is 4.76. The van der Waals surface area contributed by atoms with Crippen molar-refractivity contribution in [3.8, 4) is 11.5 Å². The maximum Gasteiger partial charge on any atom is 0.165 e. The molecule has 0 aromatic heterocycles. The Hall–Kier alpha value is -1.26. The van der Waals surface area contributed by atoms with Crippen molar-refractivity contribution in [2.75, 3.05) is 20.2 Å². The fraction of sp³-hybridized carbons (Fsp3) is 0.647. The summed E-state index contributed by atoms with van der Waals surface area (Å²) in [4.78, 5) is 0. The number of rotatable bonds is 4. The highest BCUT2D eigenvalue weighted by Crippen LogP contribution is 2.44. The maximum absolute atomic E-state index is 6.61. The number of piperidine rings is 1. The van der Waals surface area contributed by atoms with Gasteiger partial charge in [-0.15, -0.1) is 0 Å². The molecule has 0 amide bonds. The fourth-order valence-electron chi connectivity index (χ4n) is 3.59. The normalized spacial score (nSPS) is 24.8. The summed E-state index contributed by atoms with van der Waals surface area (Å²) in [5, 5.41) is 3.38. The average Bonchev–Trinajstić information content (AvgIpc) is 2.96. The molecule has 1 aliphatic carbocycles. The topological polar surface area (TPSA) is 56.5 Å². The molecule has 1 aromatic rings. The van der Waals surface area contributed by atoms with Gasteiger partial charge >= 0.3 is 0 Å². The third kappa shape index (κ3) is 3.01. The van der Waals surface area contributed by atoms with Crippen molar-refractivity contribution < 1.29 is 9.47 Å². The number of nitrogens with one attached hydrogen (secondary N) is 1. The van der Waals surface area contributed by atoms with Crippen LogP contribution in [0.15, 0.2) is 18.2 Å². The van der Waals surface area contributed by atoms with Crippen LogP contribution in [0.25, 0.3) is 0 Å². The Morgan fingerprint density at radius 3 is 2.71 bits per heavy atom. The number of hydrogen-bond acceptors (Lipinski definition) is 4. The number of hydrogen-bond donors (Lipinski definition) is 2. The molecule has 2 aliphatic rings. The predicted molar refractivity (Wildman–Crippen MR) is 83.8 cm³/mol. The molecule has 4 nitrogen and oxygen atoms in total. The molecule has 3 N–H and O–H groups in total. The van der Waals surface area contributed by atoms with Gasteiger partial charge in [0.05, 0.1) is 7.11 Å². The summed E-state index contributed by atoms with van der Waals surface area (Å²) in [5.74, 6) is 1.66. The molecule has 1 aromatic carbocycles.